The Hall–Kier alpha value is -3.30. The highest BCUT2D eigenvalue weighted by Gasteiger charge is 2.16. The molecule has 0 atom stereocenters. The normalized spacial score (nSPS) is 14.2. The van der Waals surface area contributed by atoms with Crippen molar-refractivity contribution in [3.63, 3.8) is 0 Å². The van der Waals surface area contributed by atoms with Crippen LogP contribution in [0.2, 0.25) is 0 Å². The number of allylic oxidation sites excluding steroid dienone is 4. The molecule has 0 saturated carbocycles. The topological polar surface area (TPSA) is 4.93 Å². The lowest BCUT2D eigenvalue weighted by molar-refractivity contribution is 1.04. The molecule has 0 aliphatic heterocycles. The largest absolute Gasteiger partial charge is 0.309 e. The average Bonchev–Trinajstić information content (AvgIpc) is 3.19. The van der Waals surface area contributed by atoms with Crippen LogP contribution in [0, 0.1) is 0 Å². The predicted molar refractivity (Wildman–Crippen MR) is 145 cm³/mol. The van der Waals surface area contributed by atoms with E-state index in [9.17, 15) is 0 Å². The molecule has 0 bridgehead atoms. The SMILES string of the molecule is [B]C1=CC(c2ccc(-n3c4ccccc4c4ccccc43)cc2)=C(c2ccc(Br)cc2)CC1. The molecule has 156 valence electrons. The van der Waals surface area contributed by atoms with Gasteiger partial charge in [0.1, 0.15) is 7.85 Å². The van der Waals surface area contributed by atoms with E-state index in [1.807, 2.05) is 0 Å². The maximum atomic E-state index is 6.27. The van der Waals surface area contributed by atoms with Crippen LogP contribution >= 0.6 is 15.9 Å². The van der Waals surface area contributed by atoms with Gasteiger partial charge in [-0.3, -0.25) is 0 Å². The van der Waals surface area contributed by atoms with Crippen molar-refractivity contribution >= 4 is 56.7 Å². The Kier molecular flexibility index (Phi) is 5.08. The minimum absolute atomic E-state index is 0.897. The van der Waals surface area contributed by atoms with E-state index in [0.717, 1.165) is 28.5 Å². The molecule has 4 aromatic carbocycles. The molecule has 1 heterocycles. The third-order valence-electron chi connectivity index (χ3n) is 6.53. The van der Waals surface area contributed by atoms with Crippen LogP contribution in [0.5, 0.6) is 0 Å². The van der Waals surface area contributed by atoms with Crippen LogP contribution in [-0.2, 0) is 0 Å². The van der Waals surface area contributed by atoms with Gasteiger partial charge in [0.25, 0.3) is 0 Å². The van der Waals surface area contributed by atoms with Crippen LogP contribution in [0.4, 0.5) is 0 Å². The fourth-order valence-corrected chi connectivity index (χ4v) is 5.21. The second-order valence-electron chi connectivity index (χ2n) is 8.53. The monoisotopic (exact) mass is 485 g/mol. The van der Waals surface area contributed by atoms with Crippen molar-refractivity contribution in [1.82, 2.24) is 4.57 Å². The van der Waals surface area contributed by atoms with Gasteiger partial charge in [-0.25, -0.2) is 0 Å². The van der Waals surface area contributed by atoms with Gasteiger partial charge in [-0.2, -0.15) is 0 Å². The molecule has 0 unspecified atom stereocenters. The Labute approximate surface area is 203 Å². The highest BCUT2D eigenvalue weighted by Crippen LogP contribution is 2.37. The first-order valence-electron chi connectivity index (χ1n) is 11.2. The van der Waals surface area contributed by atoms with Gasteiger partial charge in [0.2, 0.25) is 0 Å². The number of nitrogens with zero attached hydrogens (tertiary/aromatic N) is 1. The predicted octanol–water partition coefficient (Wildman–Crippen LogP) is 8.30. The van der Waals surface area contributed by atoms with E-state index in [4.69, 9.17) is 7.85 Å². The molecule has 1 aliphatic carbocycles. The molecule has 2 radical (unpaired) electrons. The van der Waals surface area contributed by atoms with E-state index in [-0.39, 0.29) is 0 Å². The standard InChI is InChI=1S/C30H21BBrN/c31-22-13-18-25(20-9-14-23(32)15-10-20)28(19-22)21-11-16-24(17-12-21)33-29-7-3-1-5-26(29)27-6-2-4-8-30(27)33/h1-12,14-17,19H,13,18H2. The fourth-order valence-electron chi connectivity index (χ4n) is 4.95. The van der Waals surface area contributed by atoms with Gasteiger partial charge in [-0.05, 0) is 71.5 Å². The maximum Gasteiger partial charge on any atom is 0.107 e. The summed E-state index contributed by atoms with van der Waals surface area (Å²) in [6, 6.07) is 34.7. The van der Waals surface area contributed by atoms with E-state index in [2.05, 4.69) is 124 Å². The molecule has 0 spiro atoms. The van der Waals surface area contributed by atoms with Crippen molar-refractivity contribution in [2.24, 2.45) is 0 Å². The van der Waals surface area contributed by atoms with Crippen LogP contribution in [0.25, 0.3) is 38.6 Å². The van der Waals surface area contributed by atoms with Gasteiger partial charge in [0.15, 0.2) is 0 Å². The lowest BCUT2D eigenvalue weighted by Crippen LogP contribution is -2.00. The maximum absolute atomic E-state index is 6.27. The Morgan fingerprint density at radius 3 is 1.85 bits per heavy atom. The number of fused-ring (bicyclic) bond motifs is 3. The summed E-state index contributed by atoms with van der Waals surface area (Å²) in [5.41, 5.74) is 9.57. The summed E-state index contributed by atoms with van der Waals surface area (Å²) >= 11 is 3.55. The number of hydrogen-bond donors (Lipinski definition) is 0. The van der Waals surface area contributed by atoms with Crippen molar-refractivity contribution < 1.29 is 0 Å². The minimum Gasteiger partial charge on any atom is -0.309 e. The molecule has 33 heavy (non-hydrogen) atoms. The molecule has 5 aromatic rings. The van der Waals surface area contributed by atoms with Gasteiger partial charge in [-0.1, -0.05) is 82.7 Å². The molecule has 1 aliphatic rings. The highest BCUT2D eigenvalue weighted by atomic mass is 79.9. The first-order valence-corrected chi connectivity index (χ1v) is 12.0. The molecule has 0 fully saturated rings. The molecule has 0 amide bonds. The summed E-state index contributed by atoms with van der Waals surface area (Å²) in [5.74, 6) is 0. The lowest BCUT2D eigenvalue weighted by Gasteiger charge is -2.20. The van der Waals surface area contributed by atoms with Crippen molar-refractivity contribution in [1.29, 1.82) is 0 Å². The van der Waals surface area contributed by atoms with Gasteiger partial charge < -0.3 is 4.57 Å². The highest BCUT2D eigenvalue weighted by molar-refractivity contribution is 9.10. The van der Waals surface area contributed by atoms with Crippen molar-refractivity contribution in [2.45, 2.75) is 12.8 Å². The molecule has 1 nitrogen and oxygen atoms in total. The zero-order chi connectivity index (χ0) is 22.4. The molecular weight excluding hydrogens is 465 g/mol. The van der Waals surface area contributed by atoms with E-state index >= 15 is 0 Å². The zero-order valence-electron chi connectivity index (χ0n) is 18.1. The quantitative estimate of drug-likeness (QED) is 0.226. The average molecular weight is 486 g/mol. The molecule has 0 N–H and O–H groups in total. The molecule has 6 rings (SSSR count). The van der Waals surface area contributed by atoms with E-state index < -0.39 is 0 Å². The van der Waals surface area contributed by atoms with Crippen LogP contribution in [0.1, 0.15) is 24.0 Å². The Morgan fingerprint density at radius 1 is 0.636 bits per heavy atom. The Bertz CT molecular complexity index is 1500. The minimum atomic E-state index is 0.897. The zero-order valence-corrected chi connectivity index (χ0v) is 19.7. The summed E-state index contributed by atoms with van der Waals surface area (Å²) in [5, 5.41) is 2.56. The molecule has 0 saturated heterocycles. The van der Waals surface area contributed by atoms with Crippen LogP contribution in [0.15, 0.2) is 113 Å². The second-order valence-corrected chi connectivity index (χ2v) is 9.45. The smallest absolute Gasteiger partial charge is 0.107 e. The van der Waals surface area contributed by atoms with Crippen LogP contribution in [0.3, 0.4) is 0 Å². The Balaban J connectivity index is 1.49. The summed E-state index contributed by atoms with van der Waals surface area (Å²) < 4.78 is 3.44. The van der Waals surface area contributed by atoms with Gasteiger partial charge in [0.05, 0.1) is 11.0 Å². The van der Waals surface area contributed by atoms with E-state index in [1.54, 1.807) is 0 Å². The molecule has 3 heteroatoms. The number of rotatable bonds is 3. The summed E-state index contributed by atoms with van der Waals surface area (Å²) in [6.45, 7) is 0. The Morgan fingerprint density at radius 2 is 1.21 bits per heavy atom. The second kappa shape index (κ2) is 8.24. The first-order chi connectivity index (χ1) is 16.2. The number of para-hydroxylation sites is 2. The van der Waals surface area contributed by atoms with Gasteiger partial charge in [-0.15, -0.1) is 5.47 Å². The third kappa shape index (κ3) is 3.57. The van der Waals surface area contributed by atoms with Crippen LogP contribution in [-0.4, -0.2) is 12.4 Å². The number of hydrogen-bond acceptors (Lipinski definition) is 0. The first kappa shape index (κ1) is 20.3. The lowest BCUT2D eigenvalue weighted by atomic mass is 9.78. The van der Waals surface area contributed by atoms with E-state index in [1.165, 1.54) is 44.1 Å². The number of benzene rings is 4. The van der Waals surface area contributed by atoms with Crippen molar-refractivity contribution in [2.75, 3.05) is 0 Å². The summed E-state index contributed by atoms with van der Waals surface area (Å²) in [7, 11) is 6.27. The van der Waals surface area contributed by atoms with Crippen molar-refractivity contribution in [3.8, 4) is 5.69 Å². The fraction of sp³-hybridized carbons (Fsp3) is 0.0667. The van der Waals surface area contributed by atoms with E-state index in [0.29, 0.717) is 0 Å². The molecular formula is C30H21BBrN. The van der Waals surface area contributed by atoms with Gasteiger partial charge in [0, 0.05) is 20.9 Å². The van der Waals surface area contributed by atoms with Crippen molar-refractivity contribution in [3.05, 3.63) is 124 Å². The third-order valence-corrected chi connectivity index (χ3v) is 7.06. The van der Waals surface area contributed by atoms with Gasteiger partial charge >= 0.3 is 0 Å². The molecule has 1 aromatic heterocycles. The summed E-state index contributed by atoms with van der Waals surface area (Å²) in [4.78, 5) is 0. The number of aromatic nitrogens is 1. The van der Waals surface area contributed by atoms with Crippen LogP contribution < -0.4 is 0 Å². The summed E-state index contributed by atoms with van der Waals surface area (Å²) in [6.07, 6.45) is 4.00. The number of halogens is 1.